The number of nitrogens with zero attached hydrogens (tertiary/aromatic N) is 4. The van der Waals surface area contributed by atoms with Gasteiger partial charge in [0.25, 0.3) is 0 Å². The monoisotopic (exact) mass is 537 g/mol. The van der Waals surface area contributed by atoms with Crippen molar-refractivity contribution >= 4 is 26.7 Å². The lowest BCUT2D eigenvalue weighted by molar-refractivity contribution is 0.00284. The molecule has 3 fully saturated rings. The van der Waals surface area contributed by atoms with Gasteiger partial charge in [-0.2, -0.15) is 0 Å². The smallest absolute Gasteiger partial charge is 0.152 e. The molecule has 1 aliphatic carbocycles. The first-order valence-electron chi connectivity index (χ1n) is 13.9. The standard InChI is InChI=1S/C28H35N5O4S/c29-27-26-22(20-4-3-19-5-6-24(37-25(19)14-20)23-2-1-9-36-23)16-33(28(26)31-17-30-27)21-12-18(13-21)15-32-7-10-38(34,35)11-8-32/h3-4,14,16-18,21,23-24H,1-2,5-13,15H2,(H2,29,30,31). The molecular weight excluding hydrogens is 502 g/mol. The van der Waals surface area contributed by atoms with E-state index in [9.17, 15) is 8.42 Å². The van der Waals surface area contributed by atoms with Crippen LogP contribution in [0.3, 0.4) is 0 Å². The van der Waals surface area contributed by atoms with Crippen LogP contribution in [0, 0.1) is 5.92 Å². The van der Waals surface area contributed by atoms with Crippen LogP contribution in [0.25, 0.3) is 22.2 Å². The maximum Gasteiger partial charge on any atom is 0.152 e. The van der Waals surface area contributed by atoms with Crippen molar-refractivity contribution in [3.05, 3.63) is 36.3 Å². The first-order valence-corrected chi connectivity index (χ1v) is 15.7. The molecule has 38 heavy (non-hydrogen) atoms. The Bertz CT molecular complexity index is 1450. The molecular formula is C28H35N5O4S. The maximum atomic E-state index is 11.8. The molecule has 9 nitrogen and oxygen atoms in total. The van der Waals surface area contributed by atoms with Crippen LogP contribution in [0.4, 0.5) is 5.82 Å². The van der Waals surface area contributed by atoms with Gasteiger partial charge in [0.05, 0.1) is 23.0 Å². The number of rotatable bonds is 5. The average Bonchev–Trinajstić information content (AvgIpc) is 3.56. The normalized spacial score (nSPS) is 29.1. The molecule has 2 N–H and O–H groups in total. The van der Waals surface area contributed by atoms with Crippen molar-refractivity contribution in [2.45, 2.75) is 56.8 Å². The van der Waals surface area contributed by atoms with Gasteiger partial charge in [0.15, 0.2) is 9.84 Å². The number of anilines is 1. The van der Waals surface area contributed by atoms with Gasteiger partial charge in [0.1, 0.15) is 29.6 Å². The topological polar surface area (TPSA) is 113 Å². The third kappa shape index (κ3) is 4.46. The van der Waals surface area contributed by atoms with Crippen LogP contribution in [0.1, 0.15) is 43.7 Å². The zero-order valence-electron chi connectivity index (χ0n) is 21.6. The second kappa shape index (κ2) is 9.50. The largest absolute Gasteiger partial charge is 0.487 e. The summed E-state index contributed by atoms with van der Waals surface area (Å²) in [5, 5.41) is 0.892. The SMILES string of the molecule is Nc1ncnc2c1c(-c1ccc3c(c1)OC(C1CCCO1)CC3)cn2C1CC(CN2CCS(=O)(=O)CC2)C1. The summed E-state index contributed by atoms with van der Waals surface area (Å²) in [4.78, 5) is 11.3. The highest BCUT2D eigenvalue weighted by Crippen LogP contribution is 2.44. The van der Waals surface area contributed by atoms with Crippen LogP contribution in [0.15, 0.2) is 30.7 Å². The summed E-state index contributed by atoms with van der Waals surface area (Å²) in [6, 6.07) is 6.83. The quantitative estimate of drug-likeness (QED) is 0.528. The van der Waals surface area contributed by atoms with Gasteiger partial charge < -0.3 is 24.7 Å². The number of nitrogens with two attached hydrogens (primary N) is 1. The first kappa shape index (κ1) is 24.4. The molecule has 4 aliphatic rings. The fraction of sp³-hybridized carbons (Fsp3) is 0.571. The van der Waals surface area contributed by atoms with Gasteiger partial charge >= 0.3 is 0 Å². The van der Waals surface area contributed by atoms with E-state index in [1.54, 1.807) is 6.33 Å². The Morgan fingerprint density at radius 3 is 2.71 bits per heavy atom. The molecule has 0 bridgehead atoms. The molecule has 7 rings (SSSR count). The highest BCUT2D eigenvalue weighted by atomic mass is 32.2. The minimum Gasteiger partial charge on any atom is -0.487 e. The number of benzene rings is 1. The molecule has 1 saturated carbocycles. The lowest BCUT2D eigenvalue weighted by Gasteiger charge is -2.40. The summed E-state index contributed by atoms with van der Waals surface area (Å²) in [6.07, 6.45) is 10.3. The van der Waals surface area contributed by atoms with Crippen LogP contribution >= 0.6 is 0 Å². The van der Waals surface area contributed by atoms with Crippen molar-refractivity contribution < 1.29 is 17.9 Å². The molecule has 2 unspecified atom stereocenters. The second-order valence-corrected chi connectivity index (χ2v) is 13.7. The summed E-state index contributed by atoms with van der Waals surface area (Å²) in [7, 11) is -2.85. The minimum absolute atomic E-state index is 0.113. The summed E-state index contributed by atoms with van der Waals surface area (Å²) >= 11 is 0. The van der Waals surface area contributed by atoms with E-state index in [-0.39, 0.29) is 23.7 Å². The maximum absolute atomic E-state index is 11.8. The number of sulfone groups is 1. The minimum atomic E-state index is -2.85. The molecule has 3 aliphatic heterocycles. The summed E-state index contributed by atoms with van der Waals surface area (Å²) in [6.45, 7) is 3.09. The lowest BCUT2D eigenvalue weighted by atomic mass is 9.79. The average molecular weight is 538 g/mol. The van der Waals surface area contributed by atoms with E-state index in [0.717, 1.165) is 79.6 Å². The van der Waals surface area contributed by atoms with Crippen molar-refractivity contribution in [1.82, 2.24) is 19.4 Å². The van der Waals surface area contributed by atoms with Gasteiger partial charge in [-0.15, -0.1) is 0 Å². The van der Waals surface area contributed by atoms with Gasteiger partial charge in [-0.25, -0.2) is 18.4 Å². The number of aryl methyl sites for hydroxylation is 1. The van der Waals surface area contributed by atoms with Crippen LogP contribution in [0.5, 0.6) is 5.75 Å². The second-order valence-electron chi connectivity index (χ2n) is 11.4. The molecule has 2 saturated heterocycles. The lowest BCUT2D eigenvalue weighted by Crippen LogP contribution is -2.44. The molecule has 202 valence electrons. The first-order chi connectivity index (χ1) is 18.4. The number of hydrogen-bond acceptors (Lipinski definition) is 8. The molecule has 2 aromatic heterocycles. The van der Waals surface area contributed by atoms with Crippen molar-refractivity contribution in [2.24, 2.45) is 5.92 Å². The fourth-order valence-corrected chi connectivity index (χ4v) is 7.97. The van der Waals surface area contributed by atoms with Crippen molar-refractivity contribution in [3.63, 3.8) is 0 Å². The molecule has 0 spiro atoms. The van der Waals surface area contributed by atoms with Gasteiger partial charge in [0.2, 0.25) is 0 Å². The van der Waals surface area contributed by atoms with E-state index < -0.39 is 9.84 Å². The highest BCUT2D eigenvalue weighted by Gasteiger charge is 2.35. The summed E-state index contributed by atoms with van der Waals surface area (Å²) in [5.74, 6) is 2.56. The van der Waals surface area contributed by atoms with Gasteiger partial charge in [-0.05, 0) is 61.6 Å². The van der Waals surface area contributed by atoms with Crippen LogP contribution in [-0.4, -0.2) is 77.8 Å². The number of fused-ring (bicyclic) bond motifs is 2. The Kier molecular flexibility index (Phi) is 6.09. The number of aromatic nitrogens is 3. The Hall–Kier alpha value is -2.69. The van der Waals surface area contributed by atoms with E-state index in [1.165, 1.54) is 5.56 Å². The van der Waals surface area contributed by atoms with Crippen LogP contribution in [0.2, 0.25) is 0 Å². The Labute approximate surface area is 223 Å². The van der Waals surface area contributed by atoms with E-state index >= 15 is 0 Å². The molecule has 2 atom stereocenters. The zero-order chi connectivity index (χ0) is 25.9. The summed E-state index contributed by atoms with van der Waals surface area (Å²) in [5.41, 5.74) is 10.6. The van der Waals surface area contributed by atoms with Crippen molar-refractivity contribution in [1.29, 1.82) is 0 Å². The van der Waals surface area contributed by atoms with Gasteiger partial charge in [-0.1, -0.05) is 12.1 Å². The molecule has 0 radical (unpaired) electrons. The van der Waals surface area contributed by atoms with Crippen molar-refractivity contribution in [3.8, 4) is 16.9 Å². The molecule has 1 aromatic carbocycles. The van der Waals surface area contributed by atoms with Crippen LogP contribution in [-0.2, 0) is 21.0 Å². The van der Waals surface area contributed by atoms with Gasteiger partial charge in [-0.3, -0.25) is 0 Å². The zero-order valence-corrected chi connectivity index (χ0v) is 22.4. The molecule has 10 heteroatoms. The Morgan fingerprint density at radius 2 is 1.92 bits per heavy atom. The van der Waals surface area contributed by atoms with Gasteiger partial charge in [0, 0.05) is 44.0 Å². The van der Waals surface area contributed by atoms with E-state index in [0.29, 0.717) is 30.9 Å². The number of nitrogen functional groups attached to an aromatic ring is 1. The number of ether oxygens (including phenoxy) is 2. The predicted molar refractivity (Wildman–Crippen MR) is 146 cm³/mol. The van der Waals surface area contributed by atoms with E-state index in [4.69, 9.17) is 15.2 Å². The number of hydrogen-bond donors (Lipinski definition) is 1. The van der Waals surface area contributed by atoms with Crippen LogP contribution < -0.4 is 10.5 Å². The Balaban J connectivity index is 1.12. The third-order valence-electron chi connectivity index (χ3n) is 8.93. The molecule has 0 amide bonds. The Morgan fingerprint density at radius 1 is 1.08 bits per heavy atom. The third-order valence-corrected chi connectivity index (χ3v) is 10.5. The van der Waals surface area contributed by atoms with Crippen molar-refractivity contribution in [2.75, 3.05) is 43.5 Å². The highest BCUT2D eigenvalue weighted by molar-refractivity contribution is 7.91. The predicted octanol–water partition coefficient (Wildman–Crippen LogP) is 3.23. The molecule has 3 aromatic rings. The van der Waals surface area contributed by atoms with E-state index in [2.05, 4.69) is 43.8 Å². The fourth-order valence-electron chi connectivity index (χ4n) is 6.70. The van der Waals surface area contributed by atoms with E-state index in [1.807, 2.05) is 0 Å². The summed E-state index contributed by atoms with van der Waals surface area (Å²) < 4.78 is 38.2. The molecule has 5 heterocycles.